The average molecular weight is 325 g/mol. The molecule has 0 spiro atoms. The molecule has 0 bridgehead atoms. The van der Waals surface area contributed by atoms with Crippen molar-refractivity contribution in [2.45, 2.75) is 44.4 Å². The van der Waals surface area contributed by atoms with Gasteiger partial charge in [-0.1, -0.05) is 0 Å². The van der Waals surface area contributed by atoms with Gasteiger partial charge < -0.3 is 0 Å². The number of hydrogen-bond acceptors (Lipinski definition) is 8. The van der Waals surface area contributed by atoms with Crippen LogP contribution < -0.4 is 0 Å². The summed E-state index contributed by atoms with van der Waals surface area (Å²) in [5.74, 6) is 0.208. The van der Waals surface area contributed by atoms with E-state index >= 15 is 0 Å². The monoisotopic (exact) mass is 325 g/mol. The molecule has 0 aliphatic heterocycles. The summed E-state index contributed by atoms with van der Waals surface area (Å²) < 4.78 is 32.7. The van der Waals surface area contributed by atoms with Crippen molar-refractivity contribution < 1.29 is 33.5 Å². The molecule has 0 aromatic rings. The maximum atomic E-state index is 11.2. The Kier molecular flexibility index (Phi) is 9.42. The SMILES string of the molecule is CC(C)CC(CO)N(CCO)C(O)CC(O)S(=O)(=O)B=O. The van der Waals surface area contributed by atoms with Gasteiger partial charge in [0.2, 0.25) is 0 Å². The summed E-state index contributed by atoms with van der Waals surface area (Å²) in [4.78, 5) is 1.32. The summed E-state index contributed by atoms with van der Waals surface area (Å²) in [5, 5.41) is 37.9. The number of rotatable bonds is 11. The van der Waals surface area contributed by atoms with E-state index in [4.69, 9.17) is 5.11 Å². The van der Waals surface area contributed by atoms with E-state index < -0.39 is 33.8 Å². The van der Waals surface area contributed by atoms with Gasteiger partial charge in [-0.2, -0.15) is 0 Å². The third kappa shape index (κ3) is 6.94. The van der Waals surface area contributed by atoms with Crippen molar-refractivity contribution in [2.75, 3.05) is 19.8 Å². The van der Waals surface area contributed by atoms with Crippen molar-refractivity contribution in [3.05, 3.63) is 0 Å². The number of nitrogens with zero attached hydrogens (tertiary/aromatic N) is 1. The van der Waals surface area contributed by atoms with Crippen LogP contribution in [0.1, 0.15) is 26.7 Å². The van der Waals surface area contributed by atoms with Crippen LogP contribution in [0.3, 0.4) is 0 Å². The van der Waals surface area contributed by atoms with Crippen molar-refractivity contribution >= 4 is 16.1 Å². The average Bonchev–Trinajstić information content (AvgIpc) is 2.41. The van der Waals surface area contributed by atoms with Crippen LogP contribution in [0, 0.1) is 5.92 Å². The van der Waals surface area contributed by atoms with Gasteiger partial charge in [-0.3, -0.25) is 0 Å². The molecule has 0 saturated carbocycles. The molecule has 4 N–H and O–H groups in total. The zero-order valence-corrected chi connectivity index (χ0v) is 13.1. The molecule has 8 nitrogen and oxygen atoms in total. The Balaban J connectivity index is 4.97. The third-order valence-corrected chi connectivity index (χ3v) is 4.31. The van der Waals surface area contributed by atoms with E-state index in [-0.39, 0.29) is 32.1 Å². The van der Waals surface area contributed by atoms with E-state index in [9.17, 15) is 28.4 Å². The van der Waals surface area contributed by atoms with Gasteiger partial charge in [0.15, 0.2) is 0 Å². The molecule has 21 heavy (non-hydrogen) atoms. The van der Waals surface area contributed by atoms with Gasteiger partial charge in [-0.15, -0.1) is 0 Å². The summed E-state index contributed by atoms with van der Waals surface area (Å²) in [6.07, 6.45) is -1.85. The van der Waals surface area contributed by atoms with E-state index in [2.05, 4.69) is 0 Å². The second kappa shape index (κ2) is 9.60. The molecule has 124 valence electrons. The first-order valence-corrected chi connectivity index (χ1v) is 8.33. The molecule has 0 rings (SSSR count). The molecular weight excluding hydrogens is 301 g/mol. The van der Waals surface area contributed by atoms with Crippen molar-refractivity contribution in [3.63, 3.8) is 0 Å². The van der Waals surface area contributed by atoms with Crippen molar-refractivity contribution in [1.29, 1.82) is 0 Å². The van der Waals surface area contributed by atoms with Crippen LogP contribution in [0.5, 0.6) is 0 Å². The van der Waals surface area contributed by atoms with Gasteiger partial charge in [0.25, 0.3) is 0 Å². The Hall–Kier alpha value is -0.385. The fraction of sp³-hybridized carbons (Fsp3) is 1.00. The zero-order valence-electron chi connectivity index (χ0n) is 12.3. The van der Waals surface area contributed by atoms with Crippen LogP contribution in [0.2, 0.25) is 0 Å². The molecule has 0 aromatic heterocycles. The van der Waals surface area contributed by atoms with Crippen LogP contribution in [0.25, 0.3) is 0 Å². The van der Waals surface area contributed by atoms with Gasteiger partial charge in [-0.25, -0.2) is 0 Å². The molecule has 0 aromatic carbocycles. The van der Waals surface area contributed by atoms with Gasteiger partial charge >= 0.3 is 125 Å². The van der Waals surface area contributed by atoms with Crippen LogP contribution in [0.4, 0.5) is 0 Å². The molecule has 0 radical (unpaired) electrons. The third-order valence-electron chi connectivity index (χ3n) is 3.09. The number of hydrogen-bond donors (Lipinski definition) is 4. The first-order valence-electron chi connectivity index (χ1n) is 6.72. The molecule has 0 aliphatic carbocycles. The Morgan fingerprint density at radius 3 is 2.10 bits per heavy atom. The predicted octanol–water partition coefficient (Wildman–Crippen LogP) is -1.91. The second-order valence-corrected chi connectivity index (χ2v) is 7.20. The molecule has 10 heteroatoms. The Morgan fingerprint density at radius 1 is 1.14 bits per heavy atom. The Labute approximate surface area is 125 Å². The first kappa shape index (κ1) is 20.6. The van der Waals surface area contributed by atoms with Gasteiger partial charge in [-0.05, 0) is 0 Å². The molecule has 0 amide bonds. The van der Waals surface area contributed by atoms with E-state index in [0.29, 0.717) is 6.42 Å². The second-order valence-electron chi connectivity index (χ2n) is 5.28. The zero-order chi connectivity index (χ0) is 16.6. The van der Waals surface area contributed by atoms with Gasteiger partial charge in [0, 0.05) is 0 Å². The van der Waals surface area contributed by atoms with Crippen molar-refractivity contribution in [1.82, 2.24) is 4.90 Å². The first-order chi connectivity index (χ1) is 9.69. The number of aliphatic hydroxyl groups excluding tert-OH is 4. The predicted molar refractivity (Wildman–Crippen MR) is 76.1 cm³/mol. The summed E-state index contributed by atoms with van der Waals surface area (Å²) in [5.41, 5.74) is -2.02. The van der Waals surface area contributed by atoms with E-state index in [1.807, 2.05) is 13.8 Å². The summed E-state index contributed by atoms with van der Waals surface area (Å²) in [7, 11) is -4.33. The van der Waals surface area contributed by atoms with Gasteiger partial charge in [0.05, 0.1) is 0 Å². The summed E-state index contributed by atoms with van der Waals surface area (Å²) in [6, 6.07) is -0.488. The van der Waals surface area contributed by atoms with Crippen molar-refractivity contribution in [2.24, 2.45) is 5.92 Å². The summed E-state index contributed by atoms with van der Waals surface area (Å²) in [6.45, 7) is 3.25. The maximum absolute atomic E-state index is 11.2. The molecule has 0 aliphatic rings. The normalized spacial score (nSPS) is 16.8. The standard InChI is InChI=1S/C11H24BNO7S/c1-8(2)5-9(7-15)13(3-4-14)10(16)6-11(17)21(19,20)12-18/h8-11,14-17H,3-7H2,1-2H3. The molecule has 0 saturated heterocycles. The minimum atomic E-state index is -4.33. The topological polar surface area (TPSA) is 135 Å². The van der Waals surface area contributed by atoms with Crippen LogP contribution in [0.15, 0.2) is 0 Å². The molecule has 0 fully saturated rings. The quantitative estimate of drug-likeness (QED) is 0.255. The molecular formula is C11H24BNO7S. The fourth-order valence-corrected chi connectivity index (χ4v) is 2.63. The van der Waals surface area contributed by atoms with Crippen LogP contribution in [-0.4, -0.2) is 77.6 Å². The molecule has 3 unspecified atom stereocenters. The minimum absolute atomic E-state index is 0.00691. The molecule has 3 atom stereocenters. The van der Waals surface area contributed by atoms with Crippen LogP contribution >= 0.6 is 0 Å². The molecule has 0 heterocycles. The van der Waals surface area contributed by atoms with Gasteiger partial charge in [0.1, 0.15) is 0 Å². The van der Waals surface area contributed by atoms with E-state index in [0.717, 1.165) is 0 Å². The number of aliphatic hydroxyl groups is 4. The Bertz CT molecular complexity index is 403. The fourth-order valence-electron chi connectivity index (χ4n) is 2.06. The van der Waals surface area contributed by atoms with Crippen molar-refractivity contribution in [3.8, 4) is 0 Å². The Morgan fingerprint density at radius 2 is 1.71 bits per heavy atom. The summed E-state index contributed by atoms with van der Waals surface area (Å²) >= 11 is 0. The van der Waals surface area contributed by atoms with Crippen LogP contribution in [-0.2, 0) is 14.4 Å². The van der Waals surface area contributed by atoms with E-state index in [1.54, 1.807) is 0 Å². The van der Waals surface area contributed by atoms with E-state index in [1.165, 1.54) is 4.90 Å².